The van der Waals surface area contributed by atoms with Crippen LogP contribution in [-0.4, -0.2) is 22.6 Å². The van der Waals surface area contributed by atoms with Gasteiger partial charge in [0.05, 0.1) is 6.42 Å². The molecular formula is C27H32ClN3O2. The molecule has 6 heteroatoms. The highest BCUT2D eigenvalue weighted by Gasteiger charge is 2.19. The maximum absolute atomic E-state index is 11.5. The molecule has 2 aromatic carbocycles. The summed E-state index contributed by atoms with van der Waals surface area (Å²) in [5.74, 6) is 0.300. The van der Waals surface area contributed by atoms with E-state index in [0.717, 1.165) is 36.0 Å². The number of hydrogen-bond donors (Lipinski definition) is 2. The van der Waals surface area contributed by atoms with E-state index in [1.165, 1.54) is 5.56 Å². The maximum Gasteiger partial charge on any atom is 0.304 e. The monoisotopic (exact) mass is 465 g/mol. The Bertz CT molecular complexity index is 1040. The number of nitrogens with one attached hydrogen (secondary N) is 1. The second-order valence-corrected chi connectivity index (χ2v) is 9.17. The number of aromatic nitrogens is 1. The first-order valence-corrected chi connectivity index (χ1v) is 11.8. The van der Waals surface area contributed by atoms with Crippen molar-refractivity contribution in [2.75, 3.05) is 16.8 Å². The second kappa shape index (κ2) is 11.7. The van der Waals surface area contributed by atoms with E-state index in [9.17, 15) is 9.90 Å². The molecule has 0 bridgehead atoms. The highest BCUT2D eigenvalue weighted by molar-refractivity contribution is 6.30. The van der Waals surface area contributed by atoms with Crippen molar-refractivity contribution in [3.8, 4) is 0 Å². The number of carboxylic acid groups (broad SMARTS) is 1. The first kappa shape index (κ1) is 24.6. The zero-order valence-electron chi connectivity index (χ0n) is 19.5. The van der Waals surface area contributed by atoms with Crippen LogP contribution in [0.4, 0.5) is 17.2 Å². The molecule has 1 heterocycles. The van der Waals surface area contributed by atoms with Gasteiger partial charge in [0.15, 0.2) is 0 Å². The Morgan fingerprint density at radius 2 is 1.76 bits per heavy atom. The molecule has 5 nitrogen and oxygen atoms in total. The van der Waals surface area contributed by atoms with Gasteiger partial charge in [0.1, 0.15) is 5.82 Å². The van der Waals surface area contributed by atoms with Gasteiger partial charge in [-0.2, -0.15) is 0 Å². The molecule has 3 aromatic rings. The quantitative estimate of drug-likeness (QED) is 0.316. The summed E-state index contributed by atoms with van der Waals surface area (Å²) in [6.07, 6.45) is 0.752. The molecule has 174 valence electrons. The lowest BCUT2D eigenvalue weighted by molar-refractivity contribution is -0.137. The maximum atomic E-state index is 11.5. The number of hydrogen-bond acceptors (Lipinski definition) is 4. The lowest BCUT2D eigenvalue weighted by Gasteiger charge is -2.28. The van der Waals surface area contributed by atoms with Crippen LogP contribution >= 0.6 is 11.6 Å². The van der Waals surface area contributed by atoms with Crippen LogP contribution in [0.25, 0.3) is 0 Å². The third kappa shape index (κ3) is 7.50. The van der Waals surface area contributed by atoms with E-state index in [1.54, 1.807) is 0 Å². The summed E-state index contributed by atoms with van der Waals surface area (Å²) < 4.78 is 0. The molecule has 0 amide bonds. The van der Waals surface area contributed by atoms with Crippen LogP contribution in [0.15, 0.2) is 66.7 Å². The molecule has 0 radical (unpaired) electrons. The number of benzene rings is 2. The van der Waals surface area contributed by atoms with Crippen molar-refractivity contribution in [2.45, 2.75) is 46.1 Å². The minimum atomic E-state index is -0.815. The van der Waals surface area contributed by atoms with E-state index in [-0.39, 0.29) is 12.3 Å². The molecule has 0 aliphatic heterocycles. The fraction of sp³-hybridized carbons (Fsp3) is 0.333. The number of anilines is 3. The minimum Gasteiger partial charge on any atom is -0.481 e. The first-order valence-electron chi connectivity index (χ1n) is 11.4. The summed E-state index contributed by atoms with van der Waals surface area (Å²) in [6.45, 7) is 7.94. The van der Waals surface area contributed by atoms with Crippen molar-refractivity contribution in [3.63, 3.8) is 0 Å². The Kier molecular flexibility index (Phi) is 8.72. The van der Waals surface area contributed by atoms with Gasteiger partial charge in [-0.15, -0.1) is 0 Å². The van der Waals surface area contributed by atoms with Crippen LogP contribution in [0.5, 0.6) is 0 Å². The van der Waals surface area contributed by atoms with Gasteiger partial charge in [0.25, 0.3) is 0 Å². The molecule has 0 saturated heterocycles. The largest absolute Gasteiger partial charge is 0.481 e. The molecule has 1 aromatic heterocycles. The van der Waals surface area contributed by atoms with E-state index in [0.29, 0.717) is 17.4 Å². The van der Waals surface area contributed by atoms with E-state index in [1.807, 2.05) is 61.5 Å². The average Bonchev–Trinajstić information content (AvgIpc) is 2.78. The SMILES string of the molecule is CCC(CC(=O)O)c1cc(Nc2ccc(Cl)cc2)cc(N(Cc2ccccc2)CC(C)C)n1. The molecule has 0 aliphatic carbocycles. The van der Waals surface area contributed by atoms with Crippen molar-refractivity contribution in [2.24, 2.45) is 5.92 Å². The summed E-state index contributed by atoms with van der Waals surface area (Å²) >= 11 is 6.04. The smallest absolute Gasteiger partial charge is 0.304 e. The standard InChI is InChI=1S/C27H32ClN3O2/c1-4-21(14-27(32)33)25-15-24(29-23-12-10-22(28)11-13-23)16-26(30-25)31(17-19(2)3)18-20-8-6-5-7-9-20/h5-13,15-16,19,21H,4,14,17-18H2,1-3H3,(H,29,30)(H,32,33). The third-order valence-corrected chi connectivity index (χ3v) is 5.67. The number of pyridine rings is 1. The van der Waals surface area contributed by atoms with E-state index in [2.05, 4.69) is 36.2 Å². The van der Waals surface area contributed by atoms with Gasteiger partial charge in [0, 0.05) is 47.2 Å². The van der Waals surface area contributed by atoms with Crippen LogP contribution in [0.1, 0.15) is 50.8 Å². The van der Waals surface area contributed by atoms with E-state index >= 15 is 0 Å². The van der Waals surface area contributed by atoms with Crippen molar-refractivity contribution < 1.29 is 9.90 Å². The fourth-order valence-corrected chi connectivity index (χ4v) is 3.96. The van der Waals surface area contributed by atoms with Crippen molar-refractivity contribution in [1.82, 2.24) is 4.98 Å². The Hall–Kier alpha value is -3.05. The summed E-state index contributed by atoms with van der Waals surface area (Å²) in [5.41, 5.74) is 3.78. The van der Waals surface area contributed by atoms with Crippen LogP contribution in [-0.2, 0) is 11.3 Å². The van der Waals surface area contributed by atoms with Crippen molar-refractivity contribution in [1.29, 1.82) is 0 Å². The summed E-state index contributed by atoms with van der Waals surface area (Å²) in [6, 6.07) is 21.9. The first-order chi connectivity index (χ1) is 15.8. The van der Waals surface area contributed by atoms with Gasteiger partial charge in [-0.05, 0) is 48.2 Å². The molecule has 0 spiro atoms. The Labute approximate surface area is 201 Å². The van der Waals surface area contributed by atoms with Gasteiger partial charge < -0.3 is 15.3 Å². The lowest BCUT2D eigenvalue weighted by atomic mass is 9.97. The highest BCUT2D eigenvalue weighted by Crippen LogP contribution is 2.30. The number of nitrogens with zero attached hydrogens (tertiary/aromatic N) is 2. The molecule has 3 rings (SSSR count). The highest BCUT2D eigenvalue weighted by atomic mass is 35.5. The van der Waals surface area contributed by atoms with Gasteiger partial charge in [-0.3, -0.25) is 4.79 Å². The number of rotatable bonds is 11. The lowest BCUT2D eigenvalue weighted by Crippen LogP contribution is -2.28. The molecule has 0 fully saturated rings. The fourth-order valence-electron chi connectivity index (χ4n) is 3.83. The van der Waals surface area contributed by atoms with Crippen molar-refractivity contribution in [3.05, 3.63) is 83.0 Å². The summed E-state index contributed by atoms with van der Waals surface area (Å²) in [5, 5.41) is 13.6. The number of carboxylic acids is 1. The molecule has 2 N–H and O–H groups in total. The summed E-state index contributed by atoms with van der Waals surface area (Å²) in [4.78, 5) is 18.7. The van der Waals surface area contributed by atoms with Crippen LogP contribution in [0.2, 0.25) is 5.02 Å². The molecule has 0 aliphatic rings. The predicted octanol–water partition coefficient (Wildman–Crippen LogP) is 7.11. The van der Waals surface area contributed by atoms with E-state index < -0.39 is 5.97 Å². The van der Waals surface area contributed by atoms with Crippen LogP contribution < -0.4 is 10.2 Å². The average molecular weight is 466 g/mol. The predicted molar refractivity (Wildman–Crippen MR) is 137 cm³/mol. The number of halogens is 1. The molecule has 0 saturated carbocycles. The molecule has 1 unspecified atom stereocenters. The van der Waals surface area contributed by atoms with Gasteiger partial charge in [-0.1, -0.05) is 62.7 Å². The topological polar surface area (TPSA) is 65.5 Å². The van der Waals surface area contributed by atoms with Crippen LogP contribution in [0, 0.1) is 5.92 Å². The zero-order valence-corrected chi connectivity index (χ0v) is 20.2. The van der Waals surface area contributed by atoms with E-state index in [4.69, 9.17) is 16.6 Å². The number of aliphatic carboxylic acids is 1. The normalized spacial score (nSPS) is 11.9. The molecule has 1 atom stereocenters. The summed E-state index contributed by atoms with van der Waals surface area (Å²) in [7, 11) is 0. The Morgan fingerprint density at radius 3 is 2.36 bits per heavy atom. The second-order valence-electron chi connectivity index (χ2n) is 8.73. The third-order valence-electron chi connectivity index (χ3n) is 5.42. The van der Waals surface area contributed by atoms with Crippen molar-refractivity contribution >= 4 is 34.8 Å². The Morgan fingerprint density at radius 1 is 1.06 bits per heavy atom. The van der Waals surface area contributed by atoms with Crippen LogP contribution in [0.3, 0.4) is 0 Å². The van der Waals surface area contributed by atoms with Gasteiger partial charge in [0.2, 0.25) is 0 Å². The van der Waals surface area contributed by atoms with Gasteiger partial charge >= 0.3 is 5.97 Å². The minimum absolute atomic E-state index is 0.0518. The number of carbonyl (C=O) groups is 1. The molecule has 33 heavy (non-hydrogen) atoms. The van der Waals surface area contributed by atoms with Gasteiger partial charge in [-0.25, -0.2) is 4.98 Å². The molecular weight excluding hydrogens is 434 g/mol. The zero-order chi connectivity index (χ0) is 23.8. The Balaban J connectivity index is 2.02.